The number of aromatic amines is 1. The molecule has 0 aliphatic carbocycles. The predicted octanol–water partition coefficient (Wildman–Crippen LogP) is 1.97. The van der Waals surface area contributed by atoms with E-state index in [9.17, 15) is 26.3 Å². The Bertz CT molecular complexity index is 702. The lowest BCUT2D eigenvalue weighted by atomic mass is 10.1. The predicted molar refractivity (Wildman–Crippen MR) is 96.6 cm³/mol. The Morgan fingerprint density at radius 3 is 2.09 bits per heavy atom. The summed E-state index contributed by atoms with van der Waals surface area (Å²) >= 11 is 0. The average Bonchev–Trinajstić information content (AvgIpc) is 3.29. The van der Waals surface area contributed by atoms with Gasteiger partial charge in [-0.15, -0.1) is 0 Å². The highest BCUT2D eigenvalue weighted by Crippen LogP contribution is 2.25. The third-order valence-electron chi connectivity index (χ3n) is 4.52. The minimum Gasteiger partial charge on any atom is -0.475 e. The van der Waals surface area contributed by atoms with Crippen LogP contribution in [0.2, 0.25) is 0 Å². The summed E-state index contributed by atoms with van der Waals surface area (Å²) in [5.41, 5.74) is 1.18. The standard InChI is InChI=1S/C13H22N4O.2C2HF3O2/c1-10(2)17-5-6-18-13-9-16(8-12(13)17)7-11-3-4-14-15-11;2*3-2(4,5)1(6)7/h3-4,10,12-13H,5-9H2,1-2H3,(H,14,15);2*(H,6,7)/t12-,13+;;/m1../s1. The highest BCUT2D eigenvalue weighted by molar-refractivity contribution is 5.73. The molecule has 3 heterocycles. The van der Waals surface area contributed by atoms with Crippen molar-refractivity contribution in [2.24, 2.45) is 0 Å². The van der Waals surface area contributed by atoms with Crippen LogP contribution in [0.3, 0.4) is 0 Å². The molecule has 3 N–H and O–H groups in total. The highest BCUT2D eigenvalue weighted by Gasteiger charge is 2.41. The van der Waals surface area contributed by atoms with Gasteiger partial charge in [-0.25, -0.2) is 9.59 Å². The summed E-state index contributed by atoms with van der Waals surface area (Å²) in [6.07, 6.45) is -7.97. The molecule has 0 bridgehead atoms. The lowest BCUT2D eigenvalue weighted by Gasteiger charge is -2.39. The number of nitrogens with one attached hydrogen (secondary N) is 1. The topological polar surface area (TPSA) is 119 Å². The Morgan fingerprint density at radius 2 is 1.69 bits per heavy atom. The lowest BCUT2D eigenvalue weighted by molar-refractivity contribution is -0.193. The largest absolute Gasteiger partial charge is 0.490 e. The number of ether oxygens (including phenoxy) is 1. The number of alkyl halides is 6. The van der Waals surface area contributed by atoms with E-state index in [1.807, 2.05) is 12.3 Å². The minimum absolute atomic E-state index is 0.379. The van der Waals surface area contributed by atoms with E-state index < -0.39 is 24.3 Å². The van der Waals surface area contributed by atoms with Gasteiger partial charge in [-0.3, -0.25) is 14.9 Å². The number of likely N-dealkylation sites (tertiary alicyclic amines) is 1. The maximum absolute atomic E-state index is 10.6. The molecule has 0 aromatic carbocycles. The number of carboxylic acids is 2. The lowest BCUT2D eigenvalue weighted by Crippen LogP contribution is -2.53. The van der Waals surface area contributed by atoms with Crippen molar-refractivity contribution < 1.29 is 50.9 Å². The van der Waals surface area contributed by atoms with Gasteiger partial charge in [0.1, 0.15) is 0 Å². The molecule has 1 aromatic rings. The van der Waals surface area contributed by atoms with Crippen LogP contribution >= 0.6 is 0 Å². The van der Waals surface area contributed by atoms with E-state index in [4.69, 9.17) is 24.5 Å². The number of nitrogens with zero attached hydrogens (tertiary/aromatic N) is 3. The van der Waals surface area contributed by atoms with Crippen LogP contribution in [-0.2, 0) is 20.9 Å². The second-order valence-corrected chi connectivity index (χ2v) is 7.19. The first kappa shape index (κ1) is 27.6. The minimum atomic E-state index is -5.08. The molecule has 0 amide bonds. The van der Waals surface area contributed by atoms with Crippen molar-refractivity contribution in [2.75, 3.05) is 26.2 Å². The first-order valence-corrected chi connectivity index (χ1v) is 9.31. The van der Waals surface area contributed by atoms with Gasteiger partial charge in [0.25, 0.3) is 0 Å². The first-order valence-electron chi connectivity index (χ1n) is 9.31. The molecule has 0 spiro atoms. The molecular formula is C17H24F6N4O5. The number of carbonyl (C=O) groups is 2. The summed E-state index contributed by atoms with van der Waals surface area (Å²) in [4.78, 5) is 22.8. The molecule has 2 atom stereocenters. The van der Waals surface area contributed by atoms with Crippen LogP contribution in [0.1, 0.15) is 19.5 Å². The Kier molecular flexibility index (Phi) is 9.91. The molecule has 0 radical (unpaired) electrons. The van der Waals surface area contributed by atoms with Gasteiger partial charge < -0.3 is 14.9 Å². The fourth-order valence-electron chi connectivity index (χ4n) is 3.17. The van der Waals surface area contributed by atoms with E-state index in [1.165, 1.54) is 5.69 Å². The summed E-state index contributed by atoms with van der Waals surface area (Å²) in [7, 11) is 0. The summed E-state index contributed by atoms with van der Waals surface area (Å²) in [5.74, 6) is -5.51. The van der Waals surface area contributed by atoms with Crippen LogP contribution in [0.15, 0.2) is 12.3 Å². The molecule has 2 fully saturated rings. The third kappa shape index (κ3) is 9.00. The smallest absolute Gasteiger partial charge is 0.475 e. The summed E-state index contributed by atoms with van der Waals surface area (Å²) in [6.45, 7) is 9.57. The molecule has 1 aromatic heterocycles. The number of hydrogen-bond acceptors (Lipinski definition) is 6. The molecule has 0 unspecified atom stereocenters. The molecule has 0 saturated carbocycles. The summed E-state index contributed by atoms with van der Waals surface area (Å²) in [6, 6.07) is 3.21. The highest BCUT2D eigenvalue weighted by atomic mass is 19.4. The quantitative estimate of drug-likeness (QED) is 0.565. The third-order valence-corrected chi connectivity index (χ3v) is 4.52. The fraction of sp³-hybridized carbons (Fsp3) is 0.706. The molecule has 2 aliphatic rings. The van der Waals surface area contributed by atoms with E-state index in [0.717, 1.165) is 32.8 Å². The summed E-state index contributed by atoms with van der Waals surface area (Å²) in [5, 5.41) is 21.3. The zero-order chi connectivity index (χ0) is 24.7. The number of aliphatic carboxylic acids is 2. The molecule has 32 heavy (non-hydrogen) atoms. The number of morpholine rings is 1. The van der Waals surface area contributed by atoms with Crippen LogP contribution in [0, 0.1) is 0 Å². The number of hydrogen-bond donors (Lipinski definition) is 3. The SMILES string of the molecule is CC(C)N1CCO[C@H]2CN(Cc3ccn[nH]3)C[C@H]21.O=C(O)C(F)(F)F.O=C(O)C(F)(F)F. The number of fused-ring (bicyclic) bond motifs is 1. The first-order chi connectivity index (χ1) is 14.6. The normalized spacial score (nSPS) is 21.8. The molecule has 9 nitrogen and oxygen atoms in total. The fourth-order valence-corrected chi connectivity index (χ4v) is 3.17. The Balaban J connectivity index is 0.000000305. The second kappa shape index (κ2) is 11.5. The van der Waals surface area contributed by atoms with Crippen LogP contribution < -0.4 is 0 Å². The van der Waals surface area contributed by atoms with Gasteiger partial charge in [0.15, 0.2) is 0 Å². The van der Waals surface area contributed by atoms with Crippen molar-refractivity contribution in [3.63, 3.8) is 0 Å². The Labute approximate surface area is 178 Å². The van der Waals surface area contributed by atoms with E-state index in [1.54, 1.807) is 0 Å². The van der Waals surface area contributed by atoms with Crippen molar-refractivity contribution in [3.8, 4) is 0 Å². The Hall–Kier alpha value is -2.39. The molecule has 2 saturated heterocycles. The molecule has 15 heteroatoms. The van der Waals surface area contributed by atoms with Crippen LogP contribution in [0.5, 0.6) is 0 Å². The van der Waals surface area contributed by atoms with Crippen molar-refractivity contribution in [1.29, 1.82) is 0 Å². The van der Waals surface area contributed by atoms with Gasteiger partial charge in [0.05, 0.1) is 18.8 Å². The van der Waals surface area contributed by atoms with Crippen LogP contribution in [0.25, 0.3) is 0 Å². The van der Waals surface area contributed by atoms with E-state index in [-0.39, 0.29) is 0 Å². The maximum Gasteiger partial charge on any atom is 0.490 e. The summed E-state index contributed by atoms with van der Waals surface area (Å²) < 4.78 is 69.4. The maximum atomic E-state index is 10.6. The number of halogens is 6. The van der Waals surface area contributed by atoms with Gasteiger partial charge >= 0.3 is 24.3 Å². The molecule has 2 aliphatic heterocycles. The van der Waals surface area contributed by atoms with Crippen LogP contribution in [-0.4, -0.2) is 98.9 Å². The van der Waals surface area contributed by atoms with E-state index in [0.29, 0.717) is 18.2 Å². The number of H-pyrrole nitrogens is 1. The van der Waals surface area contributed by atoms with E-state index in [2.05, 4.69) is 33.8 Å². The van der Waals surface area contributed by atoms with Crippen molar-refractivity contribution in [3.05, 3.63) is 18.0 Å². The van der Waals surface area contributed by atoms with Gasteiger partial charge in [-0.05, 0) is 19.9 Å². The van der Waals surface area contributed by atoms with Gasteiger partial charge in [0, 0.05) is 44.1 Å². The van der Waals surface area contributed by atoms with Crippen LogP contribution in [0.4, 0.5) is 26.3 Å². The van der Waals surface area contributed by atoms with Crippen molar-refractivity contribution in [2.45, 2.75) is 50.9 Å². The number of carboxylic acid groups (broad SMARTS) is 2. The van der Waals surface area contributed by atoms with Crippen molar-refractivity contribution >= 4 is 11.9 Å². The monoisotopic (exact) mass is 478 g/mol. The number of aromatic nitrogens is 2. The van der Waals surface area contributed by atoms with Gasteiger partial charge in [-0.2, -0.15) is 31.4 Å². The molecular weight excluding hydrogens is 454 g/mol. The zero-order valence-corrected chi connectivity index (χ0v) is 17.2. The number of rotatable bonds is 3. The Morgan fingerprint density at radius 1 is 1.16 bits per heavy atom. The van der Waals surface area contributed by atoms with Gasteiger partial charge in [0.2, 0.25) is 0 Å². The molecule has 184 valence electrons. The average molecular weight is 478 g/mol. The zero-order valence-electron chi connectivity index (χ0n) is 17.2. The van der Waals surface area contributed by atoms with Gasteiger partial charge in [-0.1, -0.05) is 0 Å². The van der Waals surface area contributed by atoms with Crippen molar-refractivity contribution in [1.82, 2.24) is 20.0 Å². The second-order valence-electron chi connectivity index (χ2n) is 7.19. The van der Waals surface area contributed by atoms with E-state index >= 15 is 0 Å². The molecule has 3 rings (SSSR count).